The Bertz CT molecular complexity index is 436. The number of hydrogen-bond acceptors (Lipinski definition) is 4. The molecular weight excluding hydrogens is 246 g/mol. The molecule has 0 aromatic heterocycles. The first kappa shape index (κ1) is 13.4. The molecule has 0 N–H and O–H groups in total. The lowest BCUT2D eigenvalue weighted by molar-refractivity contribution is -0.385. The molecule has 0 spiro atoms. The summed E-state index contributed by atoms with van der Waals surface area (Å²) in [5.41, 5.74) is 0.441. The first-order chi connectivity index (χ1) is 7.88. The van der Waals surface area contributed by atoms with Crippen LogP contribution in [0.25, 0.3) is 0 Å². The van der Waals surface area contributed by atoms with Gasteiger partial charge in [0.15, 0.2) is 0 Å². The molecule has 0 atom stereocenters. The zero-order valence-corrected chi connectivity index (χ0v) is 10.4. The first-order valence-corrected chi connectivity index (χ1v) is 5.32. The number of methoxy groups -OCH3 is 1. The topological polar surface area (TPSA) is 69.4 Å². The molecule has 0 aliphatic carbocycles. The highest BCUT2D eigenvalue weighted by Gasteiger charge is 2.24. The average Bonchev–Trinajstić information content (AvgIpc) is 2.26. The van der Waals surface area contributed by atoms with Crippen LogP contribution in [0, 0.1) is 10.1 Å². The highest BCUT2D eigenvalue weighted by Crippen LogP contribution is 2.35. The summed E-state index contributed by atoms with van der Waals surface area (Å²) in [7, 11) is 1.26. The van der Waals surface area contributed by atoms with Crippen molar-refractivity contribution in [1.29, 1.82) is 0 Å². The van der Waals surface area contributed by atoms with Gasteiger partial charge in [0.1, 0.15) is 0 Å². The van der Waals surface area contributed by atoms with Crippen LogP contribution in [-0.4, -0.2) is 17.3 Å². The molecule has 0 heterocycles. The van der Waals surface area contributed by atoms with Gasteiger partial charge in [0.25, 0.3) is 5.24 Å². The van der Waals surface area contributed by atoms with Crippen molar-refractivity contribution in [3.63, 3.8) is 0 Å². The average molecular weight is 258 g/mol. The number of ether oxygens (including phenoxy) is 1. The summed E-state index contributed by atoms with van der Waals surface area (Å²) in [4.78, 5) is 21.5. The number of halogens is 1. The van der Waals surface area contributed by atoms with Crippen molar-refractivity contribution in [1.82, 2.24) is 0 Å². The highest BCUT2D eigenvalue weighted by molar-refractivity contribution is 6.68. The number of nitrogens with zero attached hydrogens (tertiary/aromatic N) is 1. The molecule has 0 saturated heterocycles. The molecule has 0 aliphatic rings. The maximum Gasteiger partial charge on any atom is 0.312 e. The molecule has 5 nitrogen and oxygen atoms in total. The van der Waals surface area contributed by atoms with E-state index in [0.717, 1.165) is 0 Å². The molecule has 1 rings (SSSR count). The summed E-state index contributed by atoms with van der Waals surface area (Å²) >= 11 is 5.40. The van der Waals surface area contributed by atoms with E-state index < -0.39 is 10.2 Å². The van der Waals surface area contributed by atoms with Crippen molar-refractivity contribution in [2.24, 2.45) is 0 Å². The summed E-state index contributed by atoms with van der Waals surface area (Å²) in [6.45, 7) is 3.74. The van der Waals surface area contributed by atoms with E-state index in [0.29, 0.717) is 5.56 Å². The lowest BCUT2D eigenvalue weighted by Gasteiger charge is -2.10. The third-order valence-corrected chi connectivity index (χ3v) is 2.57. The van der Waals surface area contributed by atoms with Crippen molar-refractivity contribution in [3.05, 3.63) is 33.4 Å². The highest BCUT2D eigenvalue weighted by atomic mass is 35.5. The van der Waals surface area contributed by atoms with E-state index >= 15 is 0 Å². The standard InChI is InChI=1S/C11H12ClNO4/c1-6(2)7-4-8(11(12)14)10(17-3)9(5-7)13(15)16/h4-6H,1-3H3. The van der Waals surface area contributed by atoms with Crippen molar-refractivity contribution in [3.8, 4) is 5.75 Å². The molecule has 17 heavy (non-hydrogen) atoms. The van der Waals surface area contributed by atoms with Crippen molar-refractivity contribution in [2.75, 3.05) is 7.11 Å². The van der Waals surface area contributed by atoms with E-state index in [1.807, 2.05) is 13.8 Å². The quantitative estimate of drug-likeness (QED) is 0.472. The predicted octanol–water partition coefficient (Wildman–Crippen LogP) is 3.11. The number of carbonyl (C=O) groups is 1. The summed E-state index contributed by atoms with van der Waals surface area (Å²) in [5, 5.41) is 10.1. The molecular formula is C11H12ClNO4. The molecule has 0 fully saturated rings. The summed E-state index contributed by atoms with van der Waals surface area (Å²) in [5.74, 6) is -0.0474. The van der Waals surface area contributed by atoms with Gasteiger partial charge in [-0.25, -0.2) is 0 Å². The Kier molecular flexibility index (Phi) is 4.07. The van der Waals surface area contributed by atoms with Crippen LogP contribution in [-0.2, 0) is 0 Å². The van der Waals surface area contributed by atoms with Crippen LogP contribution in [0.15, 0.2) is 12.1 Å². The van der Waals surface area contributed by atoms with Crippen LogP contribution < -0.4 is 4.74 Å². The molecule has 0 amide bonds. The van der Waals surface area contributed by atoms with Gasteiger partial charge in [-0.15, -0.1) is 0 Å². The third-order valence-electron chi connectivity index (χ3n) is 2.37. The molecule has 0 saturated carbocycles. The Morgan fingerprint density at radius 3 is 2.41 bits per heavy atom. The van der Waals surface area contributed by atoms with E-state index in [-0.39, 0.29) is 22.9 Å². The van der Waals surface area contributed by atoms with Gasteiger partial charge in [-0.3, -0.25) is 14.9 Å². The lowest BCUT2D eigenvalue weighted by atomic mass is 9.99. The molecule has 0 aliphatic heterocycles. The lowest BCUT2D eigenvalue weighted by Crippen LogP contribution is -2.03. The molecule has 1 aromatic carbocycles. The Morgan fingerprint density at radius 2 is 2.06 bits per heavy atom. The summed E-state index contributed by atoms with van der Waals surface area (Å²) in [6, 6.07) is 2.92. The van der Waals surface area contributed by atoms with Crippen molar-refractivity contribution >= 4 is 22.5 Å². The summed E-state index contributed by atoms with van der Waals surface area (Å²) < 4.78 is 4.89. The number of nitro benzene ring substituents is 1. The third kappa shape index (κ3) is 2.74. The van der Waals surface area contributed by atoms with Crippen LogP contribution in [0.3, 0.4) is 0 Å². The number of benzene rings is 1. The maximum absolute atomic E-state index is 11.2. The van der Waals surface area contributed by atoms with E-state index in [9.17, 15) is 14.9 Å². The van der Waals surface area contributed by atoms with Gasteiger partial charge in [0.05, 0.1) is 17.6 Å². The van der Waals surface area contributed by atoms with Crippen LogP contribution in [0.2, 0.25) is 0 Å². The number of carbonyl (C=O) groups excluding carboxylic acids is 1. The van der Waals surface area contributed by atoms with Gasteiger partial charge in [0, 0.05) is 6.07 Å². The molecule has 0 radical (unpaired) electrons. The minimum atomic E-state index is -0.771. The number of rotatable bonds is 4. The Hall–Kier alpha value is -1.62. The van der Waals surface area contributed by atoms with E-state index in [1.54, 1.807) is 0 Å². The Balaban J connectivity index is 3.57. The van der Waals surface area contributed by atoms with Gasteiger partial charge in [-0.1, -0.05) is 13.8 Å². The first-order valence-electron chi connectivity index (χ1n) is 4.94. The van der Waals surface area contributed by atoms with E-state index in [2.05, 4.69) is 0 Å². The zero-order chi connectivity index (χ0) is 13.2. The number of nitro groups is 1. The molecule has 0 bridgehead atoms. The summed E-state index contributed by atoms with van der Waals surface area (Å²) in [6.07, 6.45) is 0. The van der Waals surface area contributed by atoms with E-state index in [1.165, 1.54) is 19.2 Å². The largest absolute Gasteiger partial charge is 0.490 e. The van der Waals surface area contributed by atoms with Crippen molar-refractivity contribution < 1.29 is 14.5 Å². The fourth-order valence-electron chi connectivity index (χ4n) is 1.46. The number of hydrogen-bond donors (Lipinski definition) is 0. The zero-order valence-electron chi connectivity index (χ0n) is 9.69. The van der Waals surface area contributed by atoms with E-state index in [4.69, 9.17) is 16.3 Å². The molecule has 1 aromatic rings. The van der Waals surface area contributed by atoms with Crippen LogP contribution in [0.1, 0.15) is 35.7 Å². The fraction of sp³-hybridized carbons (Fsp3) is 0.364. The van der Waals surface area contributed by atoms with Gasteiger partial charge in [0.2, 0.25) is 5.75 Å². The maximum atomic E-state index is 11.2. The smallest absolute Gasteiger partial charge is 0.312 e. The van der Waals surface area contributed by atoms with Gasteiger partial charge >= 0.3 is 5.69 Å². The Morgan fingerprint density at radius 1 is 1.47 bits per heavy atom. The SMILES string of the molecule is COc1c(C(=O)Cl)cc(C(C)C)cc1[N+](=O)[O-]. The van der Waals surface area contributed by atoms with Gasteiger partial charge in [-0.2, -0.15) is 0 Å². The van der Waals surface area contributed by atoms with Crippen molar-refractivity contribution in [2.45, 2.75) is 19.8 Å². The Labute approximate surface area is 103 Å². The fourth-order valence-corrected chi connectivity index (χ4v) is 1.61. The monoisotopic (exact) mass is 257 g/mol. The predicted molar refractivity (Wildman–Crippen MR) is 63.9 cm³/mol. The second-order valence-electron chi connectivity index (χ2n) is 3.81. The molecule has 0 unspecified atom stereocenters. The molecule has 6 heteroatoms. The van der Waals surface area contributed by atoms with Crippen LogP contribution in [0.5, 0.6) is 5.75 Å². The second kappa shape index (κ2) is 5.14. The van der Waals surface area contributed by atoms with Gasteiger partial charge < -0.3 is 4.74 Å². The van der Waals surface area contributed by atoms with Gasteiger partial charge in [-0.05, 0) is 29.1 Å². The second-order valence-corrected chi connectivity index (χ2v) is 4.15. The minimum Gasteiger partial charge on any atom is -0.490 e. The van der Waals surface area contributed by atoms with Crippen LogP contribution >= 0.6 is 11.6 Å². The minimum absolute atomic E-state index is 0.0204. The normalized spacial score (nSPS) is 10.4. The van der Waals surface area contributed by atoms with Crippen LogP contribution in [0.4, 0.5) is 5.69 Å². The molecule has 92 valence electrons.